The zero-order valence-corrected chi connectivity index (χ0v) is 10.8. The summed E-state index contributed by atoms with van der Waals surface area (Å²) in [7, 11) is 0. The summed E-state index contributed by atoms with van der Waals surface area (Å²) in [6, 6.07) is 3.67. The molecular formula is C13H19N3O3. The fraction of sp³-hybridized carbons (Fsp3) is 0.538. The molecule has 1 aromatic heterocycles. The molecule has 1 heterocycles. The number of amides is 1. The Morgan fingerprint density at radius 2 is 2.26 bits per heavy atom. The van der Waals surface area contributed by atoms with E-state index in [0.717, 1.165) is 18.6 Å². The van der Waals surface area contributed by atoms with Crippen LogP contribution in [0.4, 0.5) is 0 Å². The zero-order chi connectivity index (χ0) is 13.7. The molecule has 6 heteroatoms. The summed E-state index contributed by atoms with van der Waals surface area (Å²) in [6.45, 7) is 0.479. The second-order valence-electron chi connectivity index (χ2n) is 4.86. The molecule has 19 heavy (non-hydrogen) atoms. The number of oxime groups is 1. The van der Waals surface area contributed by atoms with Crippen LogP contribution in [0.5, 0.6) is 0 Å². The Hall–Kier alpha value is -1.98. The molecule has 0 saturated heterocycles. The van der Waals surface area contributed by atoms with E-state index in [0.29, 0.717) is 25.8 Å². The number of furan rings is 1. The fourth-order valence-electron chi connectivity index (χ4n) is 2.60. The van der Waals surface area contributed by atoms with Gasteiger partial charge in [0, 0.05) is 13.0 Å². The quantitative estimate of drug-likeness (QED) is 0.323. The molecule has 6 nitrogen and oxygen atoms in total. The number of hydrogen-bond donors (Lipinski definition) is 3. The van der Waals surface area contributed by atoms with Crippen molar-refractivity contribution < 1.29 is 14.4 Å². The summed E-state index contributed by atoms with van der Waals surface area (Å²) in [6.07, 6.45) is 5.34. The lowest BCUT2D eigenvalue weighted by Crippen LogP contribution is -2.48. The Balaban J connectivity index is 1.93. The van der Waals surface area contributed by atoms with Crippen molar-refractivity contribution in [3.63, 3.8) is 0 Å². The summed E-state index contributed by atoms with van der Waals surface area (Å²) in [4.78, 5) is 12.3. The van der Waals surface area contributed by atoms with E-state index in [2.05, 4.69) is 10.5 Å². The lowest BCUT2D eigenvalue weighted by atomic mass is 9.84. The molecule has 0 radical (unpaired) electrons. The van der Waals surface area contributed by atoms with E-state index in [1.54, 1.807) is 6.26 Å². The van der Waals surface area contributed by atoms with E-state index in [-0.39, 0.29) is 11.7 Å². The van der Waals surface area contributed by atoms with Crippen molar-refractivity contribution in [1.29, 1.82) is 0 Å². The smallest absolute Gasteiger partial charge is 0.233 e. The van der Waals surface area contributed by atoms with Crippen LogP contribution in [-0.2, 0) is 11.2 Å². The van der Waals surface area contributed by atoms with Gasteiger partial charge in [0.05, 0.1) is 6.26 Å². The van der Waals surface area contributed by atoms with Crippen LogP contribution in [0, 0.1) is 5.41 Å². The predicted molar refractivity (Wildman–Crippen MR) is 69.7 cm³/mol. The van der Waals surface area contributed by atoms with Gasteiger partial charge in [-0.3, -0.25) is 4.79 Å². The number of carbonyl (C=O) groups is 1. The first-order valence-corrected chi connectivity index (χ1v) is 6.48. The number of nitrogens with one attached hydrogen (secondary N) is 1. The minimum absolute atomic E-state index is 0.0144. The average molecular weight is 265 g/mol. The first-order valence-electron chi connectivity index (χ1n) is 6.48. The number of rotatable bonds is 5. The first-order chi connectivity index (χ1) is 9.19. The van der Waals surface area contributed by atoms with Crippen LogP contribution in [0.1, 0.15) is 31.4 Å². The fourth-order valence-corrected chi connectivity index (χ4v) is 2.60. The van der Waals surface area contributed by atoms with Gasteiger partial charge in [-0.25, -0.2) is 0 Å². The van der Waals surface area contributed by atoms with E-state index in [1.807, 2.05) is 12.1 Å². The van der Waals surface area contributed by atoms with Gasteiger partial charge >= 0.3 is 0 Å². The van der Waals surface area contributed by atoms with Crippen molar-refractivity contribution in [2.75, 3.05) is 6.54 Å². The molecule has 2 rings (SSSR count). The van der Waals surface area contributed by atoms with E-state index in [4.69, 9.17) is 15.4 Å². The molecule has 1 amide bonds. The number of amidine groups is 1. The number of hydrogen-bond acceptors (Lipinski definition) is 4. The highest BCUT2D eigenvalue weighted by molar-refractivity contribution is 6.07. The van der Waals surface area contributed by atoms with Gasteiger partial charge in [0.1, 0.15) is 11.2 Å². The molecule has 0 aliphatic heterocycles. The maximum Gasteiger partial charge on any atom is 0.233 e. The van der Waals surface area contributed by atoms with E-state index in [9.17, 15) is 4.79 Å². The molecule has 1 saturated carbocycles. The Morgan fingerprint density at radius 1 is 1.53 bits per heavy atom. The second-order valence-corrected chi connectivity index (χ2v) is 4.86. The van der Waals surface area contributed by atoms with Gasteiger partial charge in [0.2, 0.25) is 5.91 Å². The normalized spacial score (nSPS) is 18.4. The molecule has 0 aromatic carbocycles. The van der Waals surface area contributed by atoms with Crippen LogP contribution >= 0.6 is 0 Å². The standard InChI is InChI=1S/C13H19N3O3/c14-11(16-18)13(6-1-2-7-13)12(17)15-8-5-10-4-3-9-19-10/h3-4,9,18H,1-2,5-8H2,(H2,14,16)(H,15,17). The zero-order valence-electron chi connectivity index (χ0n) is 10.8. The van der Waals surface area contributed by atoms with Gasteiger partial charge in [0.25, 0.3) is 0 Å². The third-order valence-corrected chi connectivity index (χ3v) is 3.73. The molecule has 1 aromatic rings. The van der Waals surface area contributed by atoms with Crippen LogP contribution in [0.15, 0.2) is 28.0 Å². The SMILES string of the molecule is NC(=NO)C1(C(=O)NCCc2ccco2)CCCC1. The average Bonchev–Trinajstić information content (AvgIpc) is 3.09. The summed E-state index contributed by atoms with van der Waals surface area (Å²) in [5.74, 6) is 0.678. The van der Waals surface area contributed by atoms with Crippen molar-refractivity contribution in [2.45, 2.75) is 32.1 Å². The van der Waals surface area contributed by atoms with Crippen LogP contribution in [0.2, 0.25) is 0 Å². The molecule has 4 N–H and O–H groups in total. The summed E-state index contributed by atoms with van der Waals surface area (Å²) >= 11 is 0. The van der Waals surface area contributed by atoms with Gasteiger partial charge in [0.15, 0.2) is 5.84 Å². The summed E-state index contributed by atoms with van der Waals surface area (Å²) in [5, 5.41) is 14.7. The van der Waals surface area contributed by atoms with E-state index < -0.39 is 5.41 Å². The van der Waals surface area contributed by atoms with Crippen molar-refractivity contribution in [1.82, 2.24) is 5.32 Å². The van der Waals surface area contributed by atoms with Crippen molar-refractivity contribution >= 4 is 11.7 Å². The largest absolute Gasteiger partial charge is 0.469 e. The Labute approximate surface area is 111 Å². The monoisotopic (exact) mass is 265 g/mol. The lowest BCUT2D eigenvalue weighted by molar-refractivity contribution is -0.127. The highest BCUT2D eigenvalue weighted by Gasteiger charge is 2.45. The lowest BCUT2D eigenvalue weighted by Gasteiger charge is -2.25. The van der Waals surface area contributed by atoms with Gasteiger partial charge in [-0.2, -0.15) is 0 Å². The topological polar surface area (TPSA) is 101 Å². The van der Waals surface area contributed by atoms with E-state index in [1.165, 1.54) is 0 Å². The summed E-state index contributed by atoms with van der Waals surface area (Å²) in [5.41, 5.74) is 4.87. The second kappa shape index (κ2) is 5.77. The van der Waals surface area contributed by atoms with Crippen molar-refractivity contribution in [2.24, 2.45) is 16.3 Å². The van der Waals surface area contributed by atoms with Crippen LogP contribution < -0.4 is 11.1 Å². The molecule has 0 atom stereocenters. The third kappa shape index (κ3) is 2.72. The first kappa shape index (κ1) is 13.5. The molecule has 1 fully saturated rings. The molecule has 1 aliphatic rings. The highest BCUT2D eigenvalue weighted by atomic mass is 16.4. The Bertz CT molecular complexity index is 448. The van der Waals surface area contributed by atoms with Crippen LogP contribution in [0.3, 0.4) is 0 Å². The van der Waals surface area contributed by atoms with Crippen molar-refractivity contribution in [3.05, 3.63) is 24.2 Å². The maximum atomic E-state index is 12.3. The Kier molecular flexibility index (Phi) is 4.09. The van der Waals surface area contributed by atoms with Crippen LogP contribution in [0.25, 0.3) is 0 Å². The number of nitrogens with zero attached hydrogens (tertiary/aromatic N) is 1. The van der Waals surface area contributed by atoms with Gasteiger partial charge in [-0.1, -0.05) is 18.0 Å². The van der Waals surface area contributed by atoms with Gasteiger partial charge in [-0.05, 0) is 25.0 Å². The maximum absolute atomic E-state index is 12.3. The molecule has 0 unspecified atom stereocenters. The minimum Gasteiger partial charge on any atom is -0.469 e. The molecule has 1 aliphatic carbocycles. The Morgan fingerprint density at radius 3 is 2.84 bits per heavy atom. The molecule has 0 spiro atoms. The molecular weight excluding hydrogens is 246 g/mol. The third-order valence-electron chi connectivity index (χ3n) is 3.73. The van der Waals surface area contributed by atoms with Gasteiger partial charge in [-0.15, -0.1) is 0 Å². The van der Waals surface area contributed by atoms with Gasteiger partial charge < -0.3 is 20.7 Å². The highest BCUT2D eigenvalue weighted by Crippen LogP contribution is 2.38. The van der Waals surface area contributed by atoms with Crippen LogP contribution in [-0.4, -0.2) is 23.5 Å². The number of nitrogens with two attached hydrogens (primary N) is 1. The predicted octanol–water partition coefficient (Wildman–Crippen LogP) is 1.25. The minimum atomic E-state index is -0.835. The number of carbonyl (C=O) groups excluding carboxylic acids is 1. The summed E-state index contributed by atoms with van der Waals surface area (Å²) < 4.78 is 5.19. The molecule has 0 bridgehead atoms. The molecule has 104 valence electrons. The van der Waals surface area contributed by atoms with Crippen molar-refractivity contribution in [3.8, 4) is 0 Å². The van der Waals surface area contributed by atoms with E-state index >= 15 is 0 Å².